The number of hydrogen-bond donors (Lipinski definition) is 1. The highest BCUT2D eigenvalue weighted by Gasteiger charge is 2.34. The number of hydrogen-bond acceptors (Lipinski definition) is 2. The van der Waals surface area contributed by atoms with Crippen LogP contribution in [-0.2, 0) is 4.79 Å². The lowest BCUT2D eigenvalue weighted by Crippen LogP contribution is -2.48. The molecule has 6 heteroatoms. The average Bonchev–Trinajstić information content (AvgIpc) is 2.13. The summed E-state index contributed by atoms with van der Waals surface area (Å²) in [5, 5.41) is 0. The van der Waals surface area contributed by atoms with Crippen LogP contribution in [0.15, 0.2) is 0 Å². The first-order valence-electron chi connectivity index (χ1n) is 5.78. The van der Waals surface area contributed by atoms with Gasteiger partial charge < -0.3 is 10.6 Å². The van der Waals surface area contributed by atoms with Gasteiger partial charge in [-0.25, -0.2) is 0 Å². The van der Waals surface area contributed by atoms with E-state index in [0.717, 1.165) is 4.90 Å². The van der Waals surface area contributed by atoms with E-state index in [9.17, 15) is 18.0 Å². The van der Waals surface area contributed by atoms with E-state index in [2.05, 4.69) is 0 Å². The Balaban J connectivity index is 4.61. The molecule has 0 saturated heterocycles. The van der Waals surface area contributed by atoms with Gasteiger partial charge in [-0.2, -0.15) is 13.2 Å². The molecule has 2 N–H and O–H groups in total. The third-order valence-electron chi connectivity index (χ3n) is 2.18. The molecule has 0 spiro atoms. The Morgan fingerprint density at radius 2 is 1.88 bits per heavy atom. The Labute approximate surface area is 100 Å². The molecular weight excluding hydrogens is 233 g/mol. The van der Waals surface area contributed by atoms with Gasteiger partial charge in [-0.15, -0.1) is 0 Å². The maximum Gasteiger partial charge on any atom is 0.406 e. The SMILES string of the molecule is CCC[C@@H](N)C(=O)N(CC(C)C)CC(F)(F)F. The normalized spacial score (nSPS) is 13.9. The predicted molar refractivity (Wildman–Crippen MR) is 60.4 cm³/mol. The van der Waals surface area contributed by atoms with Gasteiger partial charge in [0.25, 0.3) is 0 Å². The molecule has 0 aromatic heterocycles. The second kappa shape index (κ2) is 6.83. The van der Waals surface area contributed by atoms with E-state index in [4.69, 9.17) is 5.73 Å². The first kappa shape index (κ1) is 16.2. The summed E-state index contributed by atoms with van der Waals surface area (Å²) >= 11 is 0. The fourth-order valence-corrected chi connectivity index (χ4v) is 1.56. The quantitative estimate of drug-likeness (QED) is 0.789. The average molecular weight is 254 g/mol. The molecule has 0 aliphatic carbocycles. The van der Waals surface area contributed by atoms with Crippen molar-refractivity contribution >= 4 is 5.91 Å². The first-order chi connectivity index (χ1) is 7.67. The molecule has 0 bridgehead atoms. The molecule has 0 aromatic carbocycles. The standard InChI is InChI=1S/C11H21F3N2O/c1-4-5-9(15)10(17)16(6-8(2)3)7-11(12,13)14/h8-9H,4-7,15H2,1-3H3/t9-/m1/s1. The lowest BCUT2D eigenvalue weighted by molar-refractivity contribution is -0.163. The molecular formula is C11H21F3N2O. The van der Waals surface area contributed by atoms with Crippen molar-refractivity contribution in [3.8, 4) is 0 Å². The smallest absolute Gasteiger partial charge is 0.332 e. The van der Waals surface area contributed by atoms with Gasteiger partial charge >= 0.3 is 6.18 Å². The number of amides is 1. The monoisotopic (exact) mass is 254 g/mol. The molecule has 0 heterocycles. The highest BCUT2D eigenvalue weighted by Crippen LogP contribution is 2.18. The van der Waals surface area contributed by atoms with Crippen molar-refractivity contribution in [1.29, 1.82) is 0 Å². The molecule has 1 amide bonds. The van der Waals surface area contributed by atoms with Gasteiger partial charge in [0.1, 0.15) is 6.54 Å². The lowest BCUT2D eigenvalue weighted by atomic mass is 10.1. The maximum atomic E-state index is 12.3. The van der Waals surface area contributed by atoms with Crippen molar-refractivity contribution in [3.63, 3.8) is 0 Å². The minimum atomic E-state index is -4.38. The van der Waals surface area contributed by atoms with Crippen LogP contribution in [0.4, 0.5) is 13.2 Å². The number of carbonyl (C=O) groups is 1. The van der Waals surface area contributed by atoms with Gasteiger partial charge in [0.15, 0.2) is 0 Å². The highest BCUT2D eigenvalue weighted by molar-refractivity contribution is 5.81. The summed E-state index contributed by atoms with van der Waals surface area (Å²) in [5.74, 6) is -0.631. The van der Waals surface area contributed by atoms with Gasteiger partial charge in [-0.05, 0) is 12.3 Å². The van der Waals surface area contributed by atoms with Crippen LogP contribution in [0.5, 0.6) is 0 Å². The van der Waals surface area contributed by atoms with E-state index in [-0.39, 0.29) is 12.5 Å². The van der Waals surface area contributed by atoms with Crippen LogP contribution in [0.25, 0.3) is 0 Å². The van der Waals surface area contributed by atoms with Crippen LogP contribution in [-0.4, -0.2) is 36.1 Å². The number of nitrogens with two attached hydrogens (primary N) is 1. The van der Waals surface area contributed by atoms with Gasteiger partial charge in [0.05, 0.1) is 6.04 Å². The summed E-state index contributed by atoms with van der Waals surface area (Å²) in [4.78, 5) is 12.6. The Bertz CT molecular complexity index is 241. The summed E-state index contributed by atoms with van der Waals surface area (Å²) in [7, 11) is 0. The third-order valence-corrected chi connectivity index (χ3v) is 2.18. The van der Waals surface area contributed by atoms with Gasteiger partial charge in [-0.1, -0.05) is 27.2 Å². The molecule has 0 rings (SSSR count). The number of rotatable bonds is 6. The second-order valence-corrected chi connectivity index (χ2v) is 4.62. The van der Waals surface area contributed by atoms with E-state index in [1.165, 1.54) is 0 Å². The Morgan fingerprint density at radius 3 is 2.24 bits per heavy atom. The molecule has 1 atom stereocenters. The summed E-state index contributed by atoms with van der Waals surface area (Å²) in [6.07, 6.45) is -3.30. The highest BCUT2D eigenvalue weighted by atomic mass is 19.4. The van der Waals surface area contributed by atoms with Crippen molar-refractivity contribution in [2.24, 2.45) is 11.7 Å². The van der Waals surface area contributed by atoms with E-state index < -0.39 is 24.7 Å². The molecule has 17 heavy (non-hydrogen) atoms. The van der Waals surface area contributed by atoms with Crippen molar-refractivity contribution in [1.82, 2.24) is 4.90 Å². The Morgan fingerprint density at radius 1 is 1.35 bits per heavy atom. The predicted octanol–water partition coefficient (Wildman–Crippen LogP) is 2.16. The van der Waals surface area contributed by atoms with Crippen LogP contribution in [0.2, 0.25) is 0 Å². The zero-order chi connectivity index (χ0) is 13.6. The van der Waals surface area contributed by atoms with Gasteiger partial charge in [0, 0.05) is 6.54 Å². The Hall–Kier alpha value is -0.780. The summed E-state index contributed by atoms with van der Waals surface area (Å²) in [5.41, 5.74) is 5.56. The molecule has 3 nitrogen and oxygen atoms in total. The zero-order valence-electron chi connectivity index (χ0n) is 10.5. The van der Waals surface area contributed by atoms with Crippen molar-refractivity contribution in [2.45, 2.75) is 45.8 Å². The van der Waals surface area contributed by atoms with E-state index >= 15 is 0 Å². The number of alkyl halides is 3. The lowest BCUT2D eigenvalue weighted by Gasteiger charge is -2.28. The van der Waals surface area contributed by atoms with Crippen molar-refractivity contribution < 1.29 is 18.0 Å². The van der Waals surface area contributed by atoms with Crippen molar-refractivity contribution in [2.75, 3.05) is 13.1 Å². The molecule has 0 aliphatic rings. The fourth-order valence-electron chi connectivity index (χ4n) is 1.56. The summed E-state index contributed by atoms with van der Waals surface area (Å²) in [6, 6.07) is -0.832. The molecule has 0 saturated carbocycles. The zero-order valence-corrected chi connectivity index (χ0v) is 10.5. The molecule has 0 unspecified atom stereocenters. The summed E-state index contributed by atoms with van der Waals surface area (Å²) < 4.78 is 37.0. The number of halogens is 3. The molecule has 0 radical (unpaired) electrons. The van der Waals surface area contributed by atoms with E-state index in [1.54, 1.807) is 13.8 Å². The van der Waals surface area contributed by atoms with Crippen LogP contribution in [0.1, 0.15) is 33.6 Å². The van der Waals surface area contributed by atoms with Crippen LogP contribution < -0.4 is 5.73 Å². The Kier molecular flexibility index (Phi) is 6.52. The van der Waals surface area contributed by atoms with Crippen molar-refractivity contribution in [3.05, 3.63) is 0 Å². The van der Waals surface area contributed by atoms with Crippen LogP contribution in [0.3, 0.4) is 0 Å². The molecule has 0 fully saturated rings. The van der Waals surface area contributed by atoms with E-state index in [0.29, 0.717) is 12.8 Å². The fraction of sp³-hybridized carbons (Fsp3) is 0.909. The van der Waals surface area contributed by atoms with Crippen LogP contribution >= 0.6 is 0 Å². The van der Waals surface area contributed by atoms with E-state index in [1.807, 2.05) is 6.92 Å². The minimum absolute atomic E-state index is 0.0184. The molecule has 0 aromatic rings. The van der Waals surface area contributed by atoms with Gasteiger partial charge in [-0.3, -0.25) is 4.79 Å². The largest absolute Gasteiger partial charge is 0.406 e. The number of carbonyl (C=O) groups excluding carboxylic acids is 1. The molecule has 102 valence electrons. The first-order valence-corrected chi connectivity index (χ1v) is 5.78. The number of nitrogens with zero attached hydrogens (tertiary/aromatic N) is 1. The minimum Gasteiger partial charge on any atom is -0.332 e. The topological polar surface area (TPSA) is 46.3 Å². The maximum absolute atomic E-state index is 12.3. The third kappa shape index (κ3) is 7.20. The second-order valence-electron chi connectivity index (χ2n) is 4.62. The van der Waals surface area contributed by atoms with Crippen LogP contribution in [0, 0.1) is 5.92 Å². The van der Waals surface area contributed by atoms with Gasteiger partial charge in [0.2, 0.25) is 5.91 Å². The summed E-state index contributed by atoms with van der Waals surface area (Å²) in [6.45, 7) is 4.23. The molecule has 0 aliphatic heterocycles.